The van der Waals surface area contributed by atoms with E-state index in [1.807, 2.05) is 0 Å². The predicted octanol–water partition coefficient (Wildman–Crippen LogP) is -0.455. The van der Waals surface area contributed by atoms with Gasteiger partial charge in [0.1, 0.15) is 6.04 Å². The highest BCUT2D eigenvalue weighted by Gasteiger charge is 2.43. The van der Waals surface area contributed by atoms with Crippen LogP contribution in [0.15, 0.2) is 12.1 Å². The molecule has 1 aromatic rings. The fraction of sp³-hybridized carbons (Fsp3) is 0.600. The summed E-state index contributed by atoms with van der Waals surface area (Å²) in [5, 5.41) is 0. The minimum Gasteiger partial charge on any atom is -1.00 e. The van der Waals surface area contributed by atoms with Crippen LogP contribution in [0.3, 0.4) is 0 Å². The van der Waals surface area contributed by atoms with E-state index in [1.54, 1.807) is 14.2 Å². The van der Waals surface area contributed by atoms with Crippen LogP contribution in [-0.4, -0.2) is 38.8 Å². The van der Waals surface area contributed by atoms with Gasteiger partial charge in [-0.25, -0.2) is 0 Å². The summed E-state index contributed by atoms with van der Waals surface area (Å²) in [5.41, 5.74) is 2.94. The van der Waals surface area contributed by atoms with Crippen molar-refractivity contribution in [2.24, 2.45) is 0 Å². The van der Waals surface area contributed by atoms with E-state index in [1.165, 1.54) is 41.5 Å². The number of nitrogens with zero attached hydrogens (tertiary/aromatic N) is 1. The minimum absolute atomic E-state index is 0. The summed E-state index contributed by atoms with van der Waals surface area (Å²) < 4.78 is 12.1. The number of methoxy groups -OCH3 is 2. The van der Waals surface area contributed by atoms with Crippen LogP contribution in [0.1, 0.15) is 30.0 Å². The first-order valence-corrected chi connectivity index (χ1v) is 6.77. The molecule has 3 nitrogen and oxygen atoms in total. The molecule has 4 heteroatoms. The van der Waals surface area contributed by atoms with Crippen molar-refractivity contribution in [1.29, 1.82) is 0 Å². The highest BCUT2D eigenvalue weighted by atomic mass is 127. The Labute approximate surface area is 132 Å². The fourth-order valence-corrected chi connectivity index (χ4v) is 3.71. The molecule has 3 rings (SSSR count). The second kappa shape index (κ2) is 5.48. The second-order valence-corrected chi connectivity index (χ2v) is 5.74. The number of halogens is 1. The van der Waals surface area contributed by atoms with Gasteiger partial charge in [0, 0.05) is 24.8 Å². The lowest BCUT2D eigenvalue weighted by molar-refractivity contribution is -0.928. The third-order valence-corrected chi connectivity index (χ3v) is 4.80. The molecular formula is C15H22INO2. The lowest BCUT2D eigenvalue weighted by atomic mass is 9.90. The molecule has 106 valence electrons. The van der Waals surface area contributed by atoms with Crippen LogP contribution in [0, 0.1) is 0 Å². The fourth-order valence-electron chi connectivity index (χ4n) is 3.71. The molecule has 1 aromatic carbocycles. The number of hydrogen-bond acceptors (Lipinski definition) is 2. The van der Waals surface area contributed by atoms with Gasteiger partial charge in [-0.05, 0) is 17.7 Å². The zero-order valence-electron chi connectivity index (χ0n) is 11.9. The molecule has 0 radical (unpaired) electrons. The topological polar surface area (TPSA) is 18.5 Å². The van der Waals surface area contributed by atoms with Gasteiger partial charge in [0.15, 0.2) is 11.5 Å². The Bertz CT molecular complexity index is 477. The van der Waals surface area contributed by atoms with Gasteiger partial charge in [0.05, 0.1) is 34.4 Å². The smallest absolute Gasteiger partial charge is 0.161 e. The molecule has 2 atom stereocenters. The van der Waals surface area contributed by atoms with Crippen LogP contribution in [0.4, 0.5) is 0 Å². The molecule has 0 amide bonds. The Kier molecular flexibility index (Phi) is 4.30. The van der Waals surface area contributed by atoms with E-state index in [4.69, 9.17) is 9.47 Å². The number of fused-ring (bicyclic) bond motifs is 3. The van der Waals surface area contributed by atoms with Crippen LogP contribution >= 0.6 is 0 Å². The van der Waals surface area contributed by atoms with Gasteiger partial charge in [-0.2, -0.15) is 0 Å². The molecule has 0 bridgehead atoms. The summed E-state index contributed by atoms with van der Waals surface area (Å²) in [4.78, 5) is 0. The summed E-state index contributed by atoms with van der Waals surface area (Å²) in [5.74, 6) is 1.74. The van der Waals surface area contributed by atoms with Crippen molar-refractivity contribution in [2.45, 2.75) is 25.3 Å². The van der Waals surface area contributed by atoms with E-state index >= 15 is 0 Å². The molecule has 2 unspecified atom stereocenters. The average molecular weight is 375 g/mol. The molecule has 2 aliphatic rings. The van der Waals surface area contributed by atoms with E-state index in [0.717, 1.165) is 17.9 Å². The molecule has 2 heterocycles. The molecule has 0 aliphatic carbocycles. The molecule has 2 aliphatic heterocycles. The van der Waals surface area contributed by atoms with Gasteiger partial charge in [0.25, 0.3) is 0 Å². The Morgan fingerprint density at radius 3 is 2.47 bits per heavy atom. The molecule has 1 fully saturated rings. The van der Waals surface area contributed by atoms with Crippen LogP contribution in [-0.2, 0) is 6.42 Å². The number of benzene rings is 1. The van der Waals surface area contributed by atoms with Crippen LogP contribution in [0.5, 0.6) is 11.5 Å². The number of rotatable bonds is 2. The molecule has 0 spiro atoms. The van der Waals surface area contributed by atoms with Crippen LogP contribution in [0.2, 0.25) is 0 Å². The number of likely N-dealkylation sites (N-methyl/N-ethyl adjacent to an activating group) is 1. The molecule has 19 heavy (non-hydrogen) atoms. The predicted molar refractivity (Wildman–Crippen MR) is 71.1 cm³/mol. The summed E-state index contributed by atoms with van der Waals surface area (Å²) in [6.07, 6.45) is 3.80. The zero-order chi connectivity index (χ0) is 12.8. The first-order valence-electron chi connectivity index (χ1n) is 6.77. The molecular weight excluding hydrogens is 353 g/mol. The maximum atomic E-state index is 5.45. The third kappa shape index (κ3) is 2.33. The second-order valence-electron chi connectivity index (χ2n) is 5.74. The van der Waals surface area contributed by atoms with Gasteiger partial charge in [-0.1, -0.05) is 0 Å². The summed E-state index contributed by atoms with van der Waals surface area (Å²) in [6.45, 7) is 2.58. The van der Waals surface area contributed by atoms with E-state index in [2.05, 4.69) is 19.2 Å². The maximum Gasteiger partial charge on any atom is 0.161 e. The van der Waals surface area contributed by atoms with Crippen molar-refractivity contribution in [3.05, 3.63) is 23.3 Å². The molecule has 0 aromatic heterocycles. The van der Waals surface area contributed by atoms with Gasteiger partial charge >= 0.3 is 0 Å². The number of hydrogen-bond donors (Lipinski definition) is 0. The van der Waals surface area contributed by atoms with Gasteiger partial charge in [0.2, 0.25) is 0 Å². The SMILES string of the molecule is COc1cc2c(cc1OC)C1CCC[N+]1(C)CC2.[I-]. The molecule has 0 saturated carbocycles. The van der Waals surface area contributed by atoms with Gasteiger partial charge < -0.3 is 37.9 Å². The first-order chi connectivity index (χ1) is 8.68. The van der Waals surface area contributed by atoms with E-state index in [9.17, 15) is 0 Å². The van der Waals surface area contributed by atoms with E-state index in [0.29, 0.717) is 6.04 Å². The largest absolute Gasteiger partial charge is 1.00 e. The van der Waals surface area contributed by atoms with E-state index in [-0.39, 0.29) is 24.0 Å². The Morgan fingerprint density at radius 1 is 1.11 bits per heavy atom. The monoisotopic (exact) mass is 375 g/mol. The average Bonchev–Trinajstić information content (AvgIpc) is 2.79. The number of ether oxygens (including phenoxy) is 2. The lowest BCUT2D eigenvalue weighted by Gasteiger charge is -2.41. The maximum absolute atomic E-state index is 5.45. The standard InChI is InChI=1S/C15H22NO2.HI/c1-16-7-4-5-13(16)12-10-15(18-3)14(17-2)9-11(12)6-8-16;/h9-10,13H,4-8H2,1-3H3;1H/q+1;/p-1. The van der Waals surface area contributed by atoms with Crippen molar-refractivity contribution in [3.8, 4) is 11.5 Å². The normalized spacial score (nSPS) is 28.1. The highest BCUT2D eigenvalue weighted by Crippen LogP contribution is 2.45. The van der Waals surface area contributed by atoms with Crippen LogP contribution < -0.4 is 33.5 Å². The van der Waals surface area contributed by atoms with Gasteiger partial charge in [-0.3, -0.25) is 0 Å². The highest BCUT2D eigenvalue weighted by molar-refractivity contribution is 5.49. The van der Waals surface area contributed by atoms with E-state index < -0.39 is 0 Å². The van der Waals surface area contributed by atoms with Crippen molar-refractivity contribution < 1.29 is 37.9 Å². The quantitative estimate of drug-likeness (QED) is 0.515. The zero-order valence-corrected chi connectivity index (χ0v) is 14.1. The third-order valence-electron chi connectivity index (χ3n) is 4.80. The van der Waals surface area contributed by atoms with Gasteiger partial charge in [-0.15, -0.1) is 0 Å². The minimum atomic E-state index is 0. The molecule has 0 N–H and O–H groups in total. The Balaban J connectivity index is 0.00000133. The summed E-state index contributed by atoms with van der Waals surface area (Å²) in [6, 6.07) is 5.05. The lowest BCUT2D eigenvalue weighted by Crippen LogP contribution is -3.00. The first kappa shape index (κ1) is 14.9. The Morgan fingerprint density at radius 2 is 1.79 bits per heavy atom. The van der Waals surface area contributed by atoms with Crippen molar-refractivity contribution in [3.63, 3.8) is 0 Å². The van der Waals surface area contributed by atoms with Crippen molar-refractivity contribution in [1.82, 2.24) is 0 Å². The summed E-state index contributed by atoms with van der Waals surface area (Å²) in [7, 11) is 5.83. The Hall–Kier alpha value is -0.490. The number of quaternary nitrogens is 1. The van der Waals surface area contributed by atoms with Crippen LogP contribution in [0.25, 0.3) is 0 Å². The summed E-state index contributed by atoms with van der Waals surface area (Å²) >= 11 is 0. The molecule has 1 saturated heterocycles. The van der Waals surface area contributed by atoms with Crippen molar-refractivity contribution >= 4 is 0 Å². The van der Waals surface area contributed by atoms with Crippen molar-refractivity contribution in [2.75, 3.05) is 34.4 Å².